The number of nitrogens with one attached hydrogen (secondary N) is 1. The van der Waals surface area contributed by atoms with Gasteiger partial charge in [0.2, 0.25) is 0 Å². The molecule has 0 fully saturated rings. The van der Waals surface area contributed by atoms with Gasteiger partial charge in [0.15, 0.2) is 0 Å². The number of pyridine rings is 1. The Balaban J connectivity index is 1.75. The molecule has 0 bridgehead atoms. The van der Waals surface area contributed by atoms with Gasteiger partial charge in [-0.3, -0.25) is 4.98 Å². The molecule has 2 rings (SSSR count). The van der Waals surface area contributed by atoms with Crippen molar-refractivity contribution in [1.82, 2.24) is 25.1 Å². The van der Waals surface area contributed by atoms with E-state index in [1.54, 1.807) is 6.33 Å². The van der Waals surface area contributed by atoms with Crippen LogP contribution in [0, 0.1) is 5.92 Å². The lowest BCUT2D eigenvalue weighted by molar-refractivity contribution is 0.458. The van der Waals surface area contributed by atoms with Gasteiger partial charge in [0.1, 0.15) is 12.2 Å². The van der Waals surface area contributed by atoms with Crippen LogP contribution < -0.4 is 5.32 Å². The van der Waals surface area contributed by atoms with Gasteiger partial charge in [0, 0.05) is 31.4 Å². The highest BCUT2D eigenvalue weighted by molar-refractivity contribution is 5.03. The maximum atomic E-state index is 4.30. The Labute approximate surface area is 114 Å². The third kappa shape index (κ3) is 4.44. The van der Waals surface area contributed by atoms with Crippen LogP contribution in [0.4, 0.5) is 0 Å². The van der Waals surface area contributed by atoms with Crippen LogP contribution in [0.5, 0.6) is 0 Å². The number of aromatic nitrogens is 4. The lowest BCUT2D eigenvalue weighted by Gasteiger charge is -2.09. The number of rotatable bonds is 7. The molecular formula is C14H21N5. The molecule has 0 spiro atoms. The molecule has 0 aromatic carbocycles. The minimum atomic E-state index is 0.578. The summed E-state index contributed by atoms with van der Waals surface area (Å²) in [6.07, 6.45) is 4.38. The fraction of sp³-hybridized carbons (Fsp3) is 0.500. The van der Waals surface area contributed by atoms with Gasteiger partial charge in [-0.25, -0.2) is 9.67 Å². The number of nitrogens with zero attached hydrogens (tertiary/aromatic N) is 4. The third-order valence-corrected chi connectivity index (χ3v) is 2.80. The second-order valence-corrected chi connectivity index (χ2v) is 5.00. The first kappa shape index (κ1) is 13.7. The highest BCUT2D eigenvalue weighted by Crippen LogP contribution is 2.01. The van der Waals surface area contributed by atoms with Crippen molar-refractivity contribution in [2.24, 2.45) is 5.92 Å². The maximum Gasteiger partial charge on any atom is 0.140 e. The average Bonchev–Trinajstić information content (AvgIpc) is 2.82. The topological polar surface area (TPSA) is 55.6 Å². The van der Waals surface area contributed by atoms with Crippen molar-refractivity contribution in [3.63, 3.8) is 0 Å². The summed E-state index contributed by atoms with van der Waals surface area (Å²) in [7, 11) is 0. The molecule has 0 aliphatic rings. The van der Waals surface area contributed by atoms with E-state index in [0.29, 0.717) is 5.92 Å². The fourth-order valence-electron chi connectivity index (χ4n) is 1.89. The zero-order chi connectivity index (χ0) is 13.5. The van der Waals surface area contributed by atoms with E-state index in [0.717, 1.165) is 37.6 Å². The van der Waals surface area contributed by atoms with Gasteiger partial charge in [0.05, 0.1) is 6.54 Å². The summed E-state index contributed by atoms with van der Waals surface area (Å²) < 4.78 is 1.97. The molecule has 102 valence electrons. The first-order valence-electron chi connectivity index (χ1n) is 6.73. The molecule has 19 heavy (non-hydrogen) atoms. The van der Waals surface area contributed by atoms with Crippen LogP contribution in [0.15, 0.2) is 30.7 Å². The van der Waals surface area contributed by atoms with Crippen LogP contribution >= 0.6 is 0 Å². The van der Waals surface area contributed by atoms with Crippen LogP contribution in [-0.4, -0.2) is 26.3 Å². The van der Waals surface area contributed by atoms with Crippen LogP contribution in [0.3, 0.4) is 0 Å². The SMILES string of the molecule is CC(C)Cn1ncnc1CNCCc1ccccn1. The van der Waals surface area contributed by atoms with Crippen molar-refractivity contribution in [3.05, 3.63) is 42.2 Å². The van der Waals surface area contributed by atoms with Crippen LogP contribution in [0.2, 0.25) is 0 Å². The van der Waals surface area contributed by atoms with E-state index in [-0.39, 0.29) is 0 Å². The molecular weight excluding hydrogens is 238 g/mol. The quantitative estimate of drug-likeness (QED) is 0.768. The summed E-state index contributed by atoms with van der Waals surface area (Å²) in [4.78, 5) is 8.58. The van der Waals surface area contributed by atoms with Crippen molar-refractivity contribution >= 4 is 0 Å². The highest BCUT2D eigenvalue weighted by atomic mass is 15.3. The fourth-order valence-corrected chi connectivity index (χ4v) is 1.89. The number of hydrogen-bond acceptors (Lipinski definition) is 4. The molecule has 2 aromatic rings. The molecule has 0 aliphatic heterocycles. The molecule has 0 aliphatic carbocycles. The molecule has 2 aromatic heterocycles. The molecule has 5 nitrogen and oxygen atoms in total. The van der Waals surface area contributed by atoms with Crippen LogP contribution in [0.1, 0.15) is 25.4 Å². The first-order chi connectivity index (χ1) is 9.25. The van der Waals surface area contributed by atoms with Gasteiger partial charge < -0.3 is 5.32 Å². The molecule has 5 heteroatoms. The van der Waals surface area contributed by atoms with E-state index in [9.17, 15) is 0 Å². The highest BCUT2D eigenvalue weighted by Gasteiger charge is 2.05. The normalized spacial score (nSPS) is 11.1. The second-order valence-electron chi connectivity index (χ2n) is 5.00. The Morgan fingerprint density at radius 1 is 1.26 bits per heavy atom. The zero-order valence-corrected chi connectivity index (χ0v) is 11.6. The standard InChI is InChI=1S/C14H21N5/c1-12(2)10-19-14(17-11-18-19)9-15-8-6-13-5-3-4-7-16-13/h3-5,7,11-12,15H,6,8-10H2,1-2H3. The van der Waals surface area contributed by atoms with Gasteiger partial charge in [-0.1, -0.05) is 19.9 Å². The first-order valence-corrected chi connectivity index (χ1v) is 6.73. The summed E-state index contributed by atoms with van der Waals surface area (Å²) in [5.41, 5.74) is 1.11. The van der Waals surface area contributed by atoms with Gasteiger partial charge in [0.25, 0.3) is 0 Å². The Bertz CT molecular complexity index is 478. The maximum absolute atomic E-state index is 4.30. The van der Waals surface area contributed by atoms with E-state index >= 15 is 0 Å². The monoisotopic (exact) mass is 259 g/mol. The van der Waals surface area contributed by atoms with E-state index in [2.05, 4.69) is 34.2 Å². The van der Waals surface area contributed by atoms with Gasteiger partial charge in [-0.15, -0.1) is 0 Å². The largest absolute Gasteiger partial charge is 0.309 e. The van der Waals surface area contributed by atoms with Crippen molar-refractivity contribution in [1.29, 1.82) is 0 Å². The predicted octanol–water partition coefficient (Wildman–Crippen LogP) is 1.66. The van der Waals surface area contributed by atoms with Gasteiger partial charge in [-0.2, -0.15) is 5.10 Å². The van der Waals surface area contributed by atoms with Crippen molar-refractivity contribution in [3.8, 4) is 0 Å². The smallest absolute Gasteiger partial charge is 0.140 e. The summed E-state index contributed by atoms with van der Waals surface area (Å²) in [5.74, 6) is 1.57. The molecule has 1 N–H and O–H groups in total. The van der Waals surface area contributed by atoms with E-state index in [4.69, 9.17) is 0 Å². The van der Waals surface area contributed by atoms with Gasteiger partial charge >= 0.3 is 0 Å². The molecule has 2 heterocycles. The summed E-state index contributed by atoms with van der Waals surface area (Å²) in [6.45, 7) is 6.92. The molecule has 0 amide bonds. The summed E-state index contributed by atoms with van der Waals surface area (Å²) in [5, 5.41) is 7.63. The lowest BCUT2D eigenvalue weighted by atomic mass is 10.2. The lowest BCUT2D eigenvalue weighted by Crippen LogP contribution is -2.21. The average molecular weight is 259 g/mol. The summed E-state index contributed by atoms with van der Waals surface area (Å²) >= 11 is 0. The third-order valence-electron chi connectivity index (χ3n) is 2.80. The Kier molecular flexibility index (Phi) is 5.03. The minimum absolute atomic E-state index is 0.578. The van der Waals surface area contributed by atoms with Crippen molar-refractivity contribution in [2.45, 2.75) is 33.4 Å². The Morgan fingerprint density at radius 3 is 2.89 bits per heavy atom. The van der Waals surface area contributed by atoms with Crippen LogP contribution in [-0.2, 0) is 19.5 Å². The molecule has 0 radical (unpaired) electrons. The van der Waals surface area contributed by atoms with Gasteiger partial charge in [-0.05, 0) is 18.1 Å². The predicted molar refractivity (Wildman–Crippen MR) is 74.5 cm³/mol. The molecule has 0 unspecified atom stereocenters. The van der Waals surface area contributed by atoms with Crippen molar-refractivity contribution < 1.29 is 0 Å². The summed E-state index contributed by atoms with van der Waals surface area (Å²) in [6, 6.07) is 6.00. The van der Waals surface area contributed by atoms with E-state index in [1.807, 2.05) is 29.1 Å². The Hall–Kier alpha value is -1.75. The number of hydrogen-bond donors (Lipinski definition) is 1. The zero-order valence-electron chi connectivity index (χ0n) is 11.6. The molecule has 0 atom stereocenters. The molecule has 0 saturated carbocycles. The van der Waals surface area contributed by atoms with E-state index < -0.39 is 0 Å². The van der Waals surface area contributed by atoms with Crippen molar-refractivity contribution in [2.75, 3.05) is 6.54 Å². The van der Waals surface area contributed by atoms with Crippen LogP contribution in [0.25, 0.3) is 0 Å². The second kappa shape index (κ2) is 6.99. The molecule has 0 saturated heterocycles. The Morgan fingerprint density at radius 2 is 2.16 bits per heavy atom. The minimum Gasteiger partial charge on any atom is -0.309 e. The van der Waals surface area contributed by atoms with E-state index in [1.165, 1.54) is 0 Å².